The molecule has 0 aliphatic rings. The van der Waals surface area contributed by atoms with Gasteiger partial charge in [0.1, 0.15) is 24.1 Å². The van der Waals surface area contributed by atoms with Gasteiger partial charge in [-0.1, -0.05) is 30.3 Å². The van der Waals surface area contributed by atoms with Crippen molar-refractivity contribution in [2.45, 2.75) is 25.0 Å². The van der Waals surface area contributed by atoms with E-state index in [1.54, 1.807) is 24.3 Å². The predicted octanol–water partition coefficient (Wildman–Crippen LogP) is 1.35. The van der Waals surface area contributed by atoms with Crippen LogP contribution in [0.15, 0.2) is 54.6 Å². The van der Waals surface area contributed by atoms with E-state index in [0.717, 1.165) is 5.56 Å². The Morgan fingerprint density at radius 1 is 1.19 bits per heavy atom. The Kier molecular flexibility index (Phi) is 6.89. The molecule has 26 heavy (non-hydrogen) atoms. The zero-order valence-corrected chi connectivity index (χ0v) is 14.6. The summed E-state index contributed by atoms with van der Waals surface area (Å²) < 4.78 is 5.37. The molecule has 6 heteroatoms. The summed E-state index contributed by atoms with van der Waals surface area (Å²) in [6, 6.07) is 16.2. The highest BCUT2D eigenvalue weighted by Crippen LogP contribution is 2.15. The lowest BCUT2D eigenvalue weighted by molar-refractivity contribution is -0.136. The van der Waals surface area contributed by atoms with Crippen molar-refractivity contribution in [1.29, 1.82) is 0 Å². The number of rotatable bonds is 9. The molecule has 6 nitrogen and oxygen atoms in total. The number of carbonyl (C=O) groups is 2. The summed E-state index contributed by atoms with van der Waals surface area (Å²) >= 11 is 0. The number of ether oxygens (including phenoxy) is 1. The van der Waals surface area contributed by atoms with Gasteiger partial charge in [0.25, 0.3) is 5.91 Å². The van der Waals surface area contributed by atoms with E-state index in [0.29, 0.717) is 24.3 Å². The van der Waals surface area contributed by atoms with Gasteiger partial charge < -0.3 is 25.1 Å². The fraction of sp³-hybridized carbons (Fsp3) is 0.300. The Morgan fingerprint density at radius 3 is 2.46 bits per heavy atom. The van der Waals surface area contributed by atoms with Crippen molar-refractivity contribution in [2.75, 3.05) is 13.2 Å². The minimum absolute atomic E-state index is 0.109. The third kappa shape index (κ3) is 5.68. The molecule has 0 aliphatic heterocycles. The zero-order chi connectivity index (χ0) is 19.0. The van der Waals surface area contributed by atoms with Crippen LogP contribution in [0.25, 0.3) is 0 Å². The smallest absolute Gasteiger partial charge is 0.251 e. The molecule has 0 aliphatic carbocycles. The van der Waals surface area contributed by atoms with E-state index in [1.165, 1.54) is 6.92 Å². The molecule has 0 bridgehead atoms. The molecule has 2 aromatic rings. The largest absolute Gasteiger partial charge is 0.491 e. The number of nitrogens with one attached hydrogen (secondary N) is 1. The minimum Gasteiger partial charge on any atom is -0.491 e. The van der Waals surface area contributed by atoms with Gasteiger partial charge in [0.05, 0.1) is 0 Å². The Balaban J connectivity index is 1.77. The van der Waals surface area contributed by atoms with Crippen LogP contribution >= 0.6 is 0 Å². The molecule has 2 atom stereocenters. The molecule has 0 saturated carbocycles. The number of amides is 1. The molecule has 0 saturated heterocycles. The van der Waals surface area contributed by atoms with Crippen LogP contribution in [0.1, 0.15) is 22.8 Å². The number of hydrogen-bond donors (Lipinski definition) is 3. The van der Waals surface area contributed by atoms with Crippen LogP contribution in [0.5, 0.6) is 5.75 Å². The van der Waals surface area contributed by atoms with E-state index in [1.807, 2.05) is 30.3 Å². The first kappa shape index (κ1) is 19.6. The molecule has 1 amide bonds. The first-order valence-corrected chi connectivity index (χ1v) is 8.34. The van der Waals surface area contributed by atoms with Crippen molar-refractivity contribution < 1.29 is 24.5 Å². The average molecular weight is 357 g/mol. The topological polar surface area (TPSA) is 95.9 Å². The minimum atomic E-state index is -1.84. The molecule has 0 heterocycles. The second kappa shape index (κ2) is 9.12. The third-order valence-electron chi connectivity index (χ3n) is 3.98. The molecule has 2 rings (SSSR count). The summed E-state index contributed by atoms with van der Waals surface area (Å²) in [6.45, 7) is 1.54. The molecule has 0 fully saturated rings. The molecule has 2 aromatic carbocycles. The number of aliphatic hydroxyl groups is 2. The molecule has 0 aromatic heterocycles. The van der Waals surface area contributed by atoms with Crippen LogP contribution in [0.4, 0.5) is 0 Å². The van der Waals surface area contributed by atoms with Gasteiger partial charge in [-0.15, -0.1) is 0 Å². The van der Waals surface area contributed by atoms with E-state index in [9.17, 15) is 19.8 Å². The summed E-state index contributed by atoms with van der Waals surface area (Å²) in [7, 11) is 0. The van der Waals surface area contributed by atoms with E-state index < -0.39 is 11.7 Å². The second-order valence-electron chi connectivity index (χ2n) is 6.19. The molecular weight excluding hydrogens is 334 g/mol. The van der Waals surface area contributed by atoms with Crippen molar-refractivity contribution in [3.05, 3.63) is 65.7 Å². The van der Waals surface area contributed by atoms with Crippen LogP contribution in [0.3, 0.4) is 0 Å². The van der Waals surface area contributed by atoms with Gasteiger partial charge in [-0.2, -0.15) is 0 Å². The summed E-state index contributed by atoms with van der Waals surface area (Å²) in [4.78, 5) is 22.6. The molecule has 0 spiro atoms. The van der Waals surface area contributed by atoms with E-state index in [4.69, 9.17) is 4.74 Å². The van der Waals surface area contributed by atoms with Crippen LogP contribution in [-0.4, -0.2) is 47.3 Å². The van der Waals surface area contributed by atoms with Gasteiger partial charge in [0.2, 0.25) is 0 Å². The Morgan fingerprint density at radius 2 is 1.85 bits per heavy atom. The summed E-state index contributed by atoms with van der Waals surface area (Å²) in [5.41, 5.74) is -0.191. The molecule has 2 unspecified atom stereocenters. The first-order chi connectivity index (χ1) is 12.4. The van der Waals surface area contributed by atoms with Crippen molar-refractivity contribution in [3.63, 3.8) is 0 Å². The Labute approximate surface area is 152 Å². The van der Waals surface area contributed by atoms with Crippen LogP contribution in [0.2, 0.25) is 0 Å². The Bertz CT molecular complexity index is 713. The van der Waals surface area contributed by atoms with Crippen LogP contribution in [0, 0.1) is 0 Å². The predicted molar refractivity (Wildman–Crippen MR) is 97.1 cm³/mol. The highest BCUT2D eigenvalue weighted by molar-refractivity contribution is 5.94. The van der Waals surface area contributed by atoms with E-state index in [2.05, 4.69) is 5.32 Å². The molecule has 0 radical (unpaired) electrons. The fourth-order valence-corrected chi connectivity index (χ4v) is 2.19. The van der Waals surface area contributed by atoms with E-state index in [-0.39, 0.29) is 18.8 Å². The SMILES string of the molecule is CC(O)(C=O)C(O)COc1ccc(CCNC(=O)c2ccccc2)cc1. The third-order valence-corrected chi connectivity index (χ3v) is 3.98. The summed E-state index contributed by atoms with van der Waals surface area (Å²) in [6.07, 6.45) is -0.359. The van der Waals surface area contributed by atoms with Crippen molar-refractivity contribution in [2.24, 2.45) is 0 Å². The van der Waals surface area contributed by atoms with Crippen molar-refractivity contribution in [3.8, 4) is 5.75 Å². The highest BCUT2D eigenvalue weighted by Gasteiger charge is 2.30. The van der Waals surface area contributed by atoms with Gasteiger partial charge in [0, 0.05) is 12.1 Å². The maximum Gasteiger partial charge on any atom is 0.251 e. The number of benzene rings is 2. The van der Waals surface area contributed by atoms with Gasteiger partial charge >= 0.3 is 0 Å². The lowest BCUT2D eigenvalue weighted by Gasteiger charge is -2.22. The van der Waals surface area contributed by atoms with Gasteiger partial charge in [-0.3, -0.25) is 4.79 Å². The maximum absolute atomic E-state index is 11.9. The lowest BCUT2D eigenvalue weighted by Crippen LogP contribution is -2.44. The van der Waals surface area contributed by atoms with Crippen molar-refractivity contribution >= 4 is 12.2 Å². The number of aldehydes is 1. The van der Waals surface area contributed by atoms with Crippen molar-refractivity contribution in [1.82, 2.24) is 5.32 Å². The second-order valence-corrected chi connectivity index (χ2v) is 6.19. The van der Waals surface area contributed by atoms with E-state index >= 15 is 0 Å². The van der Waals surface area contributed by atoms with Crippen LogP contribution in [-0.2, 0) is 11.2 Å². The van der Waals surface area contributed by atoms with Gasteiger partial charge in [-0.25, -0.2) is 0 Å². The zero-order valence-electron chi connectivity index (χ0n) is 14.6. The number of aliphatic hydroxyl groups excluding tert-OH is 1. The monoisotopic (exact) mass is 357 g/mol. The molecular formula is C20H23NO5. The first-order valence-electron chi connectivity index (χ1n) is 8.34. The summed E-state index contributed by atoms with van der Waals surface area (Å²) in [5, 5.41) is 22.2. The maximum atomic E-state index is 11.9. The van der Waals surface area contributed by atoms with Gasteiger partial charge in [0.15, 0.2) is 6.29 Å². The Hall–Kier alpha value is -2.70. The number of hydrogen-bond acceptors (Lipinski definition) is 5. The lowest BCUT2D eigenvalue weighted by atomic mass is 10.0. The summed E-state index contributed by atoms with van der Waals surface area (Å²) in [5.74, 6) is 0.407. The molecule has 3 N–H and O–H groups in total. The number of carbonyl (C=O) groups excluding carboxylic acids is 2. The quantitative estimate of drug-likeness (QED) is 0.589. The molecule has 138 valence electrons. The van der Waals surface area contributed by atoms with Gasteiger partial charge in [-0.05, 0) is 43.2 Å². The fourth-order valence-electron chi connectivity index (χ4n) is 2.19. The average Bonchev–Trinajstić information content (AvgIpc) is 2.67. The van der Waals surface area contributed by atoms with Crippen LogP contribution < -0.4 is 10.1 Å². The standard InChI is InChI=1S/C20H23NO5/c1-20(25,14-22)18(23)13-26-17-9-7-15(8-10-17)11-12-21-19(24)16-5-3-2-4-6-16/h2-10,14,18,23,25H,11-13H2,1H3,(H,21,24). The highest BCUT2D eigenvalue weighted by atomic mass is 16.5. The normalized spacial score (nSPS) is 14.1.